The molecule has 0 unspecified atom stereocenters. The molecular weight excluding hydrogens is 270 g/mol. The van der Waals surface area contributed by atoms with Gasteiger partial charge in [-0.25, -0.2) is 0 Å². The van der Waals surface area contributed by atoms with E-state index < -0.39 is 5.60 Å². The number of hydrogen-bond acceptors (Lipinski definition) is 5. The molecule has 2 rings (SSSR count). The second-order valence-electron chi connectivity index (χ2n) is 6.56. The Bertz CT molecular complexity index is 335. The highest BCUT2D eigenvalue weighted by Crippen LogP contribution is 2.20. The standard InChI is InChI=1S/C15H29N3O3/c1-17(2)14(19)11-18-7-3-13(4-8-18)16-12-15(20)5-9-21-10-6-15/h13,16,20H,3-12H2,1-2H3. The van der Waals surface area contributed by atoms with Gasteiger partial charge in [-0.3, -0.25) is 9.69 Å². The first-order chi connectivity index (χ1) is 9.98. The summed E-state index contributed by atoms with van der Waals surface area (Å²) in [6.45, 7) is 4.36. The molecular formula is C15H29N3O3. The van der Waals surface area contributed by atoms with Crippen molar-refractivity contribution in [2.45, 2.75) is 37.3 Å². The molecule has 1 amide bonds. The number of aliphatic hydroxyl groups is 1. The number of rotatable bonds is 5. The third-order valence-electron chi connectivity index (χ3n) is 4.59. The Morgan fingerprint density at radius 3 is 2.52 bits per heavy atom. The Morgan fingerprint density at radius 1 is 1.33 bits per heavy atom. The summed E-state index contributed by atoms with van der Waals surface area (Å²) in [6, 6.07) is 0.447. The highest BCUT2D eigenvalue weighted by molar-refractivity contribution is 5.77. The van der Waals surface area contributed by atoms with Gasteiger partial charge in [0.15, 0.2) is 0 Å². The number of carbonyl (C=O) groups excluding carboxylic acids is 1. The Labute approximate surface area is 127 Å². The number of amides is 1. The van der Waals surface area contributed by atoms with Crippen LogP contribution in [0.4, 0.5) is 0 Å². The number of ether oxygens (including phenoxy) is 1. The van der Waals surface area contributed by atoms with Crippen molar-refractivity contribution in [2.24, 2.45) is 0 Å². The molecule has 0 aromatic carbocycles. The maximum Gasteiger partial charge on any atom is 0.236 e. The van der Waals surface area contributed by atoms with Crippen molar-refractivity contribution in [3.63, 3.8) is 0 Å². The summed E-state index contributed by atoms with van der Waals surface area (Å²) >= 11 is 0. The van der Waals surface area contributed by atoms with E-state index >= 15 is 0 Å². The summed E-state index contributed by atoms with van der Waals surface area (Å²) in [5.74, 6) is 0.165. The van der Waals surface area contributed by atoms with Gasteiger partial charge in [0.25, 0.3) is 0 Å². The number of piperidine rings is 1. The minimum Gasteiger partial charge on any atom is -0.388 e. The lowest BCUT2D eigenvalue weighted by atomic mass is 9.93. The van der Waals surface area contributed by atoms with Gasteiger partial charge in [0.2, 0.25) is 5.91 Å². The van der Waals surface area contributed by atoms with E-state index in [1.165, 1.54) is 0 Å². The van der Waals surface area contributed by atoms with Crippen molar-refractivity contribution in [2.75, 3.05) is 53.5 Å². The van der Waals surface area contributed by atoms with E-state index in [1.807, 2.05) is 0 Å². The van der Waals surface area contributed by atoms with Gasteiger partial charge >= 0.3 is 0 Å². The fourth-order valence-electron chi connectivity index (χ4n) is 2.89. The van der Waals surface area contributed by atoms with Crippen LogP contribution in [0.5, 0.6) is 0 Å². The van der Waals surface area contributed by atoms with Crippen LogP contribution < -0.4 is 5.32 Å². The smallest absolute Gasteiger partial charge is 0.236 e. The van der Waals surface area contributed by atoms with Crippen molar-refractivity contribution < 1.29 is 14.6 Å². The highest BCUT2D eigenvalue weighted by Gasteiger charge is 2.31. The predicted octanol–water partition coefficient (Wildman–Crippen LogP) is -0.330. The third-order valence-corrected chi connectivity index (χ3v) is 4.59. The molecule has 122 valence electrons. The largest absolute Gasteiger partial charge is 0.388 e. The lowest BCUT2D eigenvalue weighted by molar-refractivity contribution is -0.130. The van der Waals surface area contributed by atoms with Crippen LogP contribution in [-0.2, 0) is 9.53 Å². The molecule has 0 aromatic rings. The quantitative estimate of drug-likeness (QED) is 0.728. The zero-order valence-electron chi connectivity index (χ0n) is 13.3. The van der Waals surface area contributed by atoms with Crippen molar-refractivity contribution in [3.8, 4) is 0 Å². The van der Waals surface area contributed by atoms with Gasteiger partial charge in [0.05, 0.1) is 12.1 Å². The van der Waals surface area contributed by atoms with E-state index in [2.05, 4.69) is 10.2 Å². The molecule has 0 bridgehead atoms. The Hall–Kier alpha value is -0.690. The van der Waals surface area contributed by atoms with Gasteiger partial charge in [-0.05, 0) is 12.8 Å². The number of nitrogens with zero attached hydrogens (tertiary/aromatic N) is 2. The summed E-state index contributed by atoms with van der Waals surface area (Å²) in [5, 5.41) is 13.9. The molecule has 2 saturated heterocycles. The zero-order valence-corrected chi connectivity index (χ0v) is 13.3. The van der Waals surface area contributed by atoms with Gasteiger partial charge < -0.3 is 20.1 Å². The molecule has 0 radical (unpaired) electrons. The molecule has 2 aliphatic heterocycles. The lowest BCUT2D eigenvalue weighted by Crippen LogP contribution is -2.51. The maximum absolute atomic E-state index is 11.7. The molecule has 2 aliphatic rings. The van der Waals surface area contributed by atoms with E-state index in [4.69, 9.17) is 4.74 Å². The second kappa shape index (κ2) is 7.54. The summed E-state index contributed by atoms with van der Waals surface area (Å²) in [4.78, 5) is 15.5. The van der Waals surface area contributed by atoms with E-state index in [0.29, 0.717) is 32.3 Å². The molecule has 6 nitrogen and oxygen atoms in total. The topological polar surface area (TPSA) is 65.0 Å². The molecule has 0 spiro atoms. The van der Waals surface area contributed by atoms with Crippen LogP contribution in [0.1, 0.15) is 25.7 Å². The van der Waals surface area contributed by atoms with Crippen LogP contribution in [0.3, 0.4) is 0 Å². The van der Waals surface area contributed by atoms with Gasteiger partial charge in [0, 0.05) is 65.8 Å². The first-order valence-electron chi connectivity index (χ1n) is 7.94. The zero-order chi connectivity index (χ0) is 15.3. The van der Waals surface area contributed by atoms with Crippen LogP contribution in [0.15, 0.2) is 0 Å². The minimum absolute atomic E-state index is 0.165. The van der Waals surface area contributed by atoms with Crippen molar-refractivity contribution >= 4 is 5.91 Å². The number of nitrogens with one attached hydrogen (secondary N) is 1. The fourth-order valence-corrected chi connectivity index (χ4v) is 2.89. The average molecular weight is 299 g/mol. The Kier molecular flexibility index (Phi) is 5.98. The summed E-state index contributed by atoms with van der Waals surface area (Å²) in [7, 11) is 3.59. The van der Waals surface area contributed by atoms with Crippen molar-refractivity contribution in [1.29, 1.82) is 0 Å². The number of likely N-dealkylation sites (N-methyl/N-ethyl adjacent to an activating group) is 1. The average Bonchev–Trinajstić information content (AvgIpc) is 2.47. The first-order valence-corrected chi connectivity index (χ1v) is 7.94. The van der Waals surface area contributed by atoms with Crippen LogP contribution in [0, 0.1) is 0 Å². The number of likely N-dealkylation sites (tertiary alicyclic amines) is 1. The number of carbonyl (C=O) groups is 1. The lowest BCUT2D eigenvalue weighted by Gasteiger charge is -2.36. The predicted molar refractivity (Wildman–Crippen MR) is 81.2 cm³/mol. The van der Waals surface area contributed by atoms with Gasteiger partial charge in [-0.1, -0.05) is 0 Å². The van der Waals surface area contributed by atoms with Gasteiger partial charge in [-0.15, -0.1) is 0 Å². The van der Waals surface area contributed by atoms with E-state index in [0.717, 1.165) is 38.8 Å². The summed E-state index contributed by atoms with van der Waals surface area (Å²) < 4.78 is 5.30. The van der Waals surface area contributed by atoms with Crippen LogP contribution in [-0.4, -0.2) is 85.9 Å². The van der Waals surface area contributed by atoms with Gasteiger partial charge in [-0.2, -0.15) is 0 Å². The molecule has 6 heteroatoms. The van der Waals surface area contributed by atoms with Crippen LogP contribution in [0.25, 0.3) is 0 Å². The molecule has 0 saturated carbocycles. The van der Waals surface area contributed by atoms with E-state index in [9.17, 15) is 9.90 Å². The van der Waals surface area contributed by atoms with Crippen molar-refractivity contribution in [1.82, 2.24) is 15.1 Å². The number of hydrogen-bond donors (Lipinski definition) is 2. The summed E-state index contributed by atoms with van der Waals surface area (Å²) in [5.41, 5.74) is -0.601. The second-order valence-corrected chi connectivity index (χ2v) is 6.56. The molecule has 2 heterocycles. The maximum atomic E-state index is 11.7. The molecule has 2 N–H and O–H groups in total. The monoisotopic (exact) mass is 299 g/mol. The molecule has 21 heavy (non-hydrogen) atoms. The Morgan fingerprint density at radius 2 is 1.95 bits per heavy atom. The van der Waals surface area contributed by atoms with E-state index in [1.54, 1.807) is 19.0 Å². The van der Waals surface area contributed by atoms with Crippen LogP contribution >= 0.6 is 0 Å². The van der Waals surface area contributed by atoms with Crippen molar-refractivity contribution in [3.05, 3.63) is 0 Å². The van der Waals surface area contributed by atoms with E-state index in [-0.39, 0.29) is 5.91 Å². The minimum atomic E-state index is -0.601. The first kappa shape index (κ1) is 16.7. The normalized spacial score (nSPS) is 24.0. The Balaban J connectivity index is 1.66. The SMILES string of the molecule is CN(C)C(=O)CN1CCC(NCC2(O)CCOCC2)CC1. The molecule has 0 aliphatic carbocycles. The summed E-state index contributed by atoms with van der Waals surface area (Å²) in [6.07, 6.45) is 3.51. The van der Waals surface area contributed by atoms with Crippen LogP contribution in [0.2, 0.25) is 0 Å². The fraction of sp³-hybridized carbons (Fsp3) is 0.933. The molecule has 0 atom stereocenters. The highest BCUT2D eigenvalue weighted by atomic mass is 16.5. The van der Waals surface area contributed by atoms with Gasteiger partial charge in [0.1, 0.15) is 0 Å². The molecule has 2 fully saturated rings. The third kappa shape index (κ3) is 5.21. The molecule has 0 aromatic heterocycles.